The number of carbonyl (C=O) groups excluding carboxylic acids is 1. The first-order valence-electron chi connectivity index (χ1n) is 5.70. The minimum absolute atomic E-state index is 0.143. The van der Waals surface area contributed by atoms with Crippen LogP contribution in [0.15, 0.2) is 30.6 Å². The Morgan fingerprint density at radius 2 is 1.95 bits per heavy atom. The third-order valence-corrected chi connectivity index (χ3v) is 2.72. The lowest BCUT2D eigenvalue weighted by molar-refractivity contribution is 0.102. The van der Waals surface area contributed by atoms with Crippen molar-refractivity contribution in [2.75, 3.05) is 10.7 Å². The van der Waals surface area contributed by atoms with Crippen molar-refractivity contribution in [1.82, 2.24) is 4.98 Å². The first-order valence-corrected chi connectivity index (χ1v) is 5.70. The number of hydrogen-bond acceptors (Lipinski definition) is 4. The van der Waals surface area contributed by atoms with Crippen LogP contribution in [0.2, 0.25) is 0 Å². The molecule has 0 unspecified atom stereocenters. The molecule has 0 atom stereocenters. The van der Waals surface area contributed by atoms with Crippen molar-refractivity contribution in [3.63, 3.8) is 0 Å². The fourth-order valence-corrected chi connectivity index (χ4v) is 1.65. The lowest BCUT2D eigenvalue weighted by Crippen LogP contribution is -2.16. The highest BCUT2D eigenvalue weighted by molar-refractivity contribution is 6.04. The number of nitrogens with two attached hydrogens (primary N) is 1. The quantitative estimate of drug-likeness (QED) is 0.594. The minimum atomic E-state index is -0.941. The van der Waals surface area contributed by atoms with Crippen molar-refractivity contribution in [3.8, 4) is 0 Å². The second kappa shape index (κ2) is 5.62. The number of anilines is 2. The summed E-state index contributed by atoms with van der Waals surface area (Å²) >= 11 is 0. The largest absolute Gasteiger partial charge is 0.322 e. The van der Waals surface area contributed by atoms with Crippen molar-refractivity contribution < 1.29 is 13.6 Å². The van der Waals surface area contributed by atoms with Crippen molar-refractivity contribution in [1.29, 1.82) is 0 Å². The van der Waals surface area contributed by atoms with Crippen LogP contribution in [0.5, 0.6) is 0 Å². The van der Waals surface area contributed by atoms with E-state index in [1.54, 1.807) is 19.2 Å². The normalized spacial score (nSPS) is 10.2. The lowest BCUT2D eigenvalue weighted by Gasteiger charge is -2.09. The zero-order valence-corrected chi connectivity index (χ0v) is 10.6. The maximum absolute atomic E-state index is 13.5. The van der Waals surface area contributed by atoms with Gasteiger partial charge in [-0.2, -0.15) is 0 Å². The number of aryl methyl sites for hydroxylation is 1. The number of nitrogens with one attached hydrogen (secondary N) is 2. The van der Waals surface area contributed by atoms with E-state index < -0.39 is 23.2 Å². The summed E-state index contributed by atoms with van der Waals surface area (Å²) in [4.78, 5) is 15.8. The van der Waals surface area contributed by atoms with Gasteiger partial charge in [0.15, 0.2) is 11.6 Å². The summed E-state index contributed by atoms with van der Waals surface area (Å²) < 4.78 is 27.0. The number of carbonyl (C=O) groups is 1. The molecular weight excluding hydrogens is 266 g/mol. The van der Waals surface area contributed by atoms with Crippen molar-refractivity contribution in [2.45, 2.75) is 6.92 Å². The highest BCUT2D eigenvalue weighted by Gasteiger charge is 2.15. The van der Waals surface area contributed by atoms with Gasteiger partial charge in [0.2, 0.25) is 0 Å². The van der Waals surface area contributed by atoms with E-state index >= 15 is 0 Å². The molecule has 104 valence electrons. The topological polar surface area (TPSA) is 80.0 Å². The monoisotopic (exact) mass is 278 g/mol. The summed E-state index contributed by atoms with van der Waals surface area (Å²) in [5.74, 6) is 2.48. The van der Waals surface area contributed by atoms with E-state index in [1.807, 2.05) is 5.43 Å². The predicted molar refractivity (Wildman–Crippen MR) is 71.1 cm³/mol. The van der Waals surface area contributed by atoms with E-state index in [1.165, 1.54) is 6.20 Å². The Kier molecular flexibility index (Phi) is 3.90. The van der Waals surface area contributed by atoms with Gasteiger partial charge in [-0.15, -0.1) is 0 Å². The molecule has 20 heavy (non-hydrogen) atoms. The highest BCUT2D eigenvalue weighted by Crippen LogP contribution is 2.21. The van der Waals surface area contributed by atoms with Gasteiger partial charge in [-0.3, -0.25) is 15.6 Å². The Hall–Kier alpha value is -2.54. The van der Waals surface area contributed by atoms with E-state index in [4.69, 9.17) is 5.84 Å². The molecule has 5 nitrogen and oxygen atoms in total. The number of hydrazine groups is 1. The van der Waals surface area contributed by atoms with E-state index in [0.29, 0.717) is 5.69 Å². The summed E-state index contributed by atoms with van der Waals surface area (Å²) in [7, 11) is 0. The highest BCUT2D eigenvalue weighted by atomic mass is 19.1. The Morgan fingerprint density at radius 1 is 1.30 bits per heavy atom. The van der Waals surface area contributed by atoms with Crippen LogP contribution in [0.4, 0.5) is 20.2 Å². The van der Waals surface area contributed by atoms with E-state index in [2.05, 4.69) is 10.3 Å². The van der Waals surface area contributed by atoms with Gasteiger partial charge in [0.25, 0.3) is 5.91 Å². The number of rotatable bonds is 3. The zero-order chi connectivity index (χ0) is 14.7. The fourth-order valence-electron chi connectivity index (χ4n) is 1.65. The van der Waals surface area contributed by atoms with Crippen LogP contribution in [-0.4, -0.2) is 10.9 Å². The van der Waals surface area contributed by atoms with E-state index in [0.717, 1.165) is 17.7 Å². The van der Waals surface area contributed by atoms with Gasteiger partial charge in [0.1, 0.15) is 5.69 Å². The van der Waals surface area contributed by atoms with Crippen LogP contribution in [0.25, 0.3) is 0 Å². The number of nitrogens with zero attached hydrogens (tertiary/aromatic N) is 1. The van der Waals surface area contributed by atoms with Gasteiger partial charge in [0, 0.05) is 23.6 Å². The zero-order valence-electron chi connectivity index (χ0n) is 10.6. The molecule has 7 heteroatoms. The van der Waals surface area contributed by atoms with E-state index in [9.17, 15) is 13.6 Å². The number of benzene rings is 1. The van der Waals surface area contributed by atoms with Gasteiger partial charge in [-0.1, -0.05) is 0 Å². The van der Waals surface area contributed by atoms with Crippen LogP contribution in [-0.2, 0) is 0 Å². The molecule has 0 saturated heterocycles. The van der Waals surface area contributed by atoms with Crippen LogP contribution in [0, 0.1) is 18.6 Å². The number of hydrogen-bond donors (Lipinski definition) is 3. The standard InChI is InChI=1S/C13H12F2N4O/c1-7-6-17-3-2-11(7)18-13(20)8-4-9(14)12(19-16)10(15)5-8/h2-6,19H,16H2,1H3,(H,17,18,20). The number of aromatic nitrogens is 1. The molecule has 1 heterocycles. The molecule has 0 saturated carbocycles. The molecule has 1 aromatic carbocycles. The SMILES string of the molecule is Cc1cnccc1NC(=O)c1cc(F)c(NN)c(F)c1. The summed E-state index contributed by atoms with van der Waals surface area (Å²) in [5.41, 5.74) is 2.53. The predicted octanol–water partition coefficient (Wildman–Crippen LogP) is 2.21. The number of amides is 1. The summed E-state index contributed by atoms with van der Waals surface area (Å²) in [6.07, 6.45) is 3.07. The van der Waals surface area contributed by atoms with E-state index in [-0.39, 0.29) is 5.56 Å². The molecular formula is C13H12F2N4O. The molecule has 2 rings (SSSR count). The molecule has 0 fully saturated rings. The van der Waals surface area contributed by atoms with Crippen LogP contribution >= 0.6 is 0 Å². The Labute approximate surface area is 113 Å². The smallest absolute Gasteiger partial charge is 0.255 e. The van der Waals surface area contributed by atoms with Gasteiger partial charge in [0.05, 0.1) is 0 Å². The van der Waals surface area contributed by atoms with Crippen LogP contribution in [0.3, 0.4) is 0 Å². The Balaban J connectivity index is 2.29. The van der Waals surface area contributed by atoms with Crippen molar-refractivity contribution in [3.05, 3.63) is 53.4 Å². The first-order chi connectivity index (χ1) is 9.52. The molecule has 4 N–H and O–H groups in total. The molecule has 0 bridgehead atoms. The summed E-state index contributed by atoms with van der Waals surface area (Å²) in [5, 5.41) is 2.55. The molecule has 0 spiro atoms. The third-order valence-electron chi connectivity index (χ3n) is 2.72. The van der Waals surface area contributed by atoms with Gasteiger partial charge in [-0.25, -0.2) is 8.78 Å². The maximum atomic E-state index is 13.5. The minimum Gasteiger partial charge on any atom is -0.322 e. The average Bonchev–Trinajstić information content (AvgIpc) is 2.41. The second-order valence-electron chi connectivity index (χ2n) is 4.10. The Bertz CT molecular complexity index is 638. The first kappa shape index (κ1) is 13.9. The maximum Gasteiger partial charge on any atom is 0.255 e. The number of nitrogen functional groups attached to an aromatic ring is 1. The lowest BCUT2D eigenvalue weighted by atomic mass is 10.1. The molecule has 1 amide bonds. The fraction of sp³-hybridized carbons (Fsp3) is 0.0769. The Morgan fingerprint density at radius 3 is 2.50 bits per heavy atom. The third kappa shape index (κ3) is 2.72. The van der Waals surface area contributed by atoms with Crippen LogP contribution < -0.4 is 16.6 Å². The second-order valence-corrected chi connectivity index (χ2v) is 4.10. The molecule has 0 aliphatic heterocycles. The van der Waals surface area contributed by atoms with Crippen LogP contribution in [0.1, 0.15) is 15.9 Å². The molecule has 0 aliphatic carbocycles. The number of pyridine rings is 1. The van der Waals surface area contributed by atoms with Gasteiger partial charge in [-0.05, 0) is 30.7 Å². The molecule has 1 aromatic heterocycles. The van der Waals surface area contributed by atoms with Crippen molar-refractivity contribution >= 4 is 17.3 Å². The van der Waals surface area contributed by atoms with Crippen molar-refractivity contribution in [2.24, 2.45) is 5.84 Å². The molecule has 0 radical (unpaired) electrons. The van der Waals surface area contributed by atoms with Gasteiger partial charge < -0.3 is 10.7 Å². The molecule has 2 aromatic rings. The molecule has 0 aliphatic rings. The van der Waals surface area contributed by atoms with Gasteiger partial charge >= 0.3 is 0 Å². The summed E-state index contributed by atoms with van der Waals surface area (Å²) in [6.45, 7) is 1.76. The number of halogens is 2. The average molecular weight is 278 g/mol. The summed E-state index contributed by atoms with van der Waals surface area (Å²) in [6, 6.07) is 3.41.